The summed E-state index contributed by atoms with van der Waals surface area (Å²) in [6, 6.07) is 5.80. The first-order valence-electron chi connectivity index (χ1n) is 13.0. The largest absolute Gasteiger partial charge is 0.477 e. The van der Waals surface area contributed by atoms with Crippen LogP contribution in [0.1, 0.15) is 47.8 Å². The number of carbonyl (C=O) groups is 1. The first-order valence-corrected chi connectivity index (χ1v) is 13.0. The van der Waals surface area contributed by atoms with Gasteiger partial charge in [0.1, 0.15) is 17.2 Å². The van der Waals surface area contributed by atoms with E-state index in [4.69, 9.17) is 5.11 Å². The summed E-state index contributed by atoms with van der Waals surface area (Å²) >= 11 is 0. The van der Waals surface area contributed by atoms with Crippen LogP contribution in [0.3, 0.4) is 0 Å². The lowest BCUT2D eigenvalue weighted by molar-refractivity contribution is 0.0683. The number of hydrogen-bond donors (Lipinski definition) is 4. The molecular weight excluding hydrogens is 472 g/mol. The van der Waals surface area contributed by atoms with Crippen molar-refractivity contribution in [3.8, 4) is 0 Å². The number of piperazine rings is 1. The number of aliphatic hydroxyl groups excluding tert-OH is 1. The van der Waals surface area contributed by atoms with Crippen LogP contribution in [0, 0.1) is 0 Å². The van der Waals surface area contributed by atoms with Crippen LogP contribution in [0.4, 0.5) is 11.8 Å². The SMILES string of the molecule is CNC.O=C(O)c1cc2cnc(Nc3ccc(CN4CCN(CCO)CC4)cn3)nc2n1C1CCCC1. The Bertz CT molecular complexity index is 1150. The van der Waals surface area contributed by atoms with Gasteiger partial charge in [-0.3, -0.25) is 9.80 Å². The van der Waals surface area contributed by atoms with Gasteiger partial charge in [0.2, 0.25) is 5.95 Å². The molecule has 11 heteroatoms. The van der Waals surface area contributed by atoms with Crippen LogP contribution in [0.25, 0.3) is 11.0 Å². The number of aromatic nitrogens is 4. The molecular formula is C26H38N8O3. The zero-order chi connectivity index (χ0) is 26.2. The van der Waals surface area contributed by atoms with E-state index in [0.29, 0.717) is 17.4 Å². The predicted octanol–water partition coefficient (Wildman–Crippen LogP) is 2.33. The van der Waals surface area contributed by atoms with E-state index in [-0.39, 0.29) is 18.3 Å². The Morgan fingerprint density at radius 2 is 1.76 bits per heavy atom. The van der Waals surface area contributed by atoms with Crippen LogP contribution in [0.2, 0.25) is 0 Å². The number of fused-ring (bicyclic) bond motifs is 1. The molecule has 3 aromatic heterocycles. The van der Waals surface area contributed by atoms with Gasteiger partial charge in [0.05, 0.1) is 6.61 Å². The molecule has 1 aliphatic carbocycles. The molecule has 0 atom stereocenters. The summed E-state index contributed by atoms with van der Waals surface area (Å²) in [5.41, 5.74) is 2.06. The third-order valence-corrected chi connectivity index (χ3v) is 6.84. The molecule has 0 bridgehead atoms. The van der Waals surface area contributed by atoms with Crippen molar-refractivity contribution in [1.29, 1.82) is 0 Å². The molecule has 1 saturated heterocycles. The van der Waals surface area contributed by atoms with Crippen molar-refractivity contribution in [2.24, 2.45) is 0 Å². The van der Waals surface area contributed by atoms with Gasteiger partial charge in [0.25, 0.3) is 0 Å². The number of nitrogens with zero attached hydrogens (tertiary/aromatic N) is 6. The Labute approximate surface area is 217 Å². The summed E-state index contributed by atoms with van der Waals surface area (Å²) in [5, 5.41) is 25.4. The molecule has 0 aromatic carbocycles. The van der Waals surface area contributed by atoms with Crippen molar-refractivity contribution >= 4 is 28.8 Å². The zero-order valence-corrected chi connectivity index (χ0v) is 21.7. The Morgan fingerprint density at radius 3 is 2.38 bits per heavy atom. The molecule has 0 spiro atoms. The van der Waals surface area contributed by atoms with Crippen LogP contribution < -0.4 is 10.6 Å². The average molecular weight is 511 g/mol. The lowest BCUT2D eigenvalue weighted by Crippen LogP contribution is -2.46. The topological polar surface area (TPSA) is 132 Å². The monoisotopic (exact) mass is 510 g/mol. The van der Waals surface area contributed by atoms with Crippen LogP contribution >= 0.6 is 0 Å². The Balaban J connectivity index is 0.00000102. The van der Waals surface area contributed by atoms with Gasteiger partial charge >= 0.3 is 5.97 Å². The van der Waals surface area contributed by atoms with Gasteiger partial charge in [-0.25, -0.2) is 14.8 Å². The highest BCUT2D eigenvalue weighted by atomic mass is 16.4. The molecule has 2 fully saturated rings. The first kappa shape index (κ1) is 26.9. The lowest BCUT2D eigenvalue weighted by Gasteiger charge is -2.34. The summed E-state index contributed by atoms with van der Waals surface area (Å²) < 4.78 is 1.87. The number of nitrogens with one attached hydrogen (secondary N) is 2. The number of aromatic carboxylic acids is 1. The van der Waals surface area contributed by atoms with Crippen molar-refractivity contribution in [3.63, 3.8) is 0 Å². The maximum atomic E-state index is 11.8. The maximum absolute atomic E-state index is 11.8. The Kier molecular flexibility index (Phi) is 9.40. The lowest BCUT2D eigenvalue weighted by atomic mass is 10.2. The minimum atomic E-state index is -0.938. The number of pyridine rings is 1. The zero-order valence-electron chi connectivity index (χ0n) is 21.7. The summed E-state index contributed by atoms with van der Waals surface area (Å²) in [6.45, 7) is 5.70. The van der Waals surface area contributed by atoms with E-state index in [1.807, 2.05) is 30.9 Å². The van der Waals surface area contributed by atoms with Crippen molar-refractivity contribution in [2.45, 2.75) is 38.3 Å². The van der Waals surface area contributed by atoms with E-state index in [0.717, 1.165) is 75.9 Å². The van der Waals surface area contributed by atoms with Crippen LogP contribution in [0.5, 0.6) is 0 Å². The van der Waals surface area contributed by atoms with E-state index < -0.39 is 5.97 Å². The second kappa shape index (κ2) is 12.9. The van der Waals surface area contributed by atoms with Gasteiger partial charge < -0.3 is 25.4 Å². The van der Waals surface area contributed by atoms with Crippen molar-refractivity contribution in [3.05, 3.63) is 41.9 Å². The highest BCUT2D eigenvalue weighted by Gasteiger charge is 2.25. The number of aliphatic hydroxyl groups is 1. The van der Waals surface area contributed by atoms with Gasteiger partial charge in [-0.15, -0.1) is 0 Å². The second-order valence-electron chi connectivity index (χ2n) is 9.63. The molecule has 0 amide bonds. The van der Waals surface area contributed by atoms with Crippen LogP contribution in [0.15, 0.2) is 30.6 Å². The standard InChI is InChI=1S/C24H31N7O3.C2H7N/c32-12-11-29-7-9-30(10-8-29)16-17-5-6-21(25-14-17)27-24-26-15-18-13-20(23(33)34)31(22(18)28-24)19-3-1-2-4-19;1-3-2/h5-6,13-15,19,32H,1-4,7-12,16H2,(H,33,34)(H,25,26,27,28);3H,1-2H3. The minimum Gasteiger partial charge on any atom is -0.477 e. The third-order valence-electron chi connectivity index (χ3n) is 6.84. The highest BCUT2D eigenvalue weighted by molar-refractivity contribution is 5.93. The maximum Gasteiger partial charge on any atom is 0.352 e. The van der Waals surface area contributed by atoms with E-state index in [1.165, 1.54) is 0 Å². The molecule has 3 aromatic rings. The van der Waals surface area contributed by atoms with Gasteiger partial charge in [-0.05, 0) is 44.6 Å². The van der Waals surface area contributed by atoms with Crippen LogP contribution in [-0.2, 0) is 6.54 Å². The van der Waals surface area contributed by atoms with Crippen molar-refractivity contribution < 1.29 is 15.0 Å². The molecule has 0 unspecified atom stereocenters. The van der Waals surface area contributed by atoms with E-state index >= 15 is 0 Å². The average Bonchev–Trinajstić information content (AvgIpc) is 3.55. The van der Waals surface area contributed by atoms with Crippen molar-refractivity contribution in [2.75, 3.05) is 58.7 Å². The Hall–Kier alpha value is -3.12. The number of carboxylic acid groups (broad SMARTS) is 1. The van der Waals surface area contributed by atoms with Gasteiger partial charge in [-0.1, -0.05) is 18.9 Å². The molecule has 1 aliphatic heterocycles. The molecule has 4 N–H and O–H groups in total. The molecule has 1 saturated carbocycles. The number of carboxylic acids is 1. The van der Waals surface area contributed by atoms with Gasteiger partial charge in [0.15, 0.2) is 0 Å². The fourth-order valence-electron chi connectivity index (χ4n) is 5.04. The van der Waals surface area contributed by atoms with E-state index in [2.05, 4.69) is 41.5 Å². The summed E-state index contributed by atoms with van der Waals surface area (Å²) in [6.07, 6.45) is 7.69. The smallest absolute Gasteiger partial charge is 0.352 e. The first-order chi connectivity index (χ1) is 18.0. The fraction of sp³-hybridized carbons (Fsp3) is 0.538. The normalized spacial score (nSPS) is 17.1. The molecule has 4 heterocycles. The number of anilines is 2. The van der Waals surface area contributed by atoms with E-state index in [1.54, 1.807) is 12.3 Å². The van der Waals surface area contributed by atoms with Crippen molar-refractivity contribution in [1.82, 2.24) is 34.6 Å². The van der Waals surface area contributed by atoms with Gasteiger partial charge in [-0.2, -0.15) is 4.98 Å². The van der Waals surface area contributed by atoms with E-state index in [9.17, 15) is 9.90 Å². The number of hydrogen-bond acceptors (Lipinski definition) is 9. The van der Waals surface area contributed by atoms with Gasteiger partial charge in [0, 0.05) is 63.1 Å². The van der Waals surface area contributed by atoms with Crippen LogP contribution in [-0.4, -0.2) is 98.9 Å². The number of β-amino-alcohol motifs (C(OH)–C–C–N with tert-alkyl or cyclic N) is 1. The summed E-state index contributed by atoms with van der Waals surface area (Å²) in [4.78, 5) is 30.1. The Morgan fingerprint density at radius 1 is 1.05 bits per heavy atom. The highest BCUT2D eigenvalue weighted by Crippen LogP contribution is 2.34. The minimum absolute atomic E-state index is 0.161. The molecule has 0 radical (unpaired) electrons. The second-order valence-corrected chi connectivity index (χ2v) is 9.63. The third kappa shape index (κ3) is 6.80. The molecule has 11 nitrogen and oxygen atoms in total. The summed E-state index contributed by atoms with van der Waals surface area (Å²) in [5.74, 6) is 0.113. The quantitative estimate of drug-likeness (QED) is 0.358. The molecule has 2 aliphatic rings. The molecule has 5 rings (SSSR count). The fourth-order valence-corrected chi connectivity index (χ4v) is 5.04. The predicted molar refractivity (Wildman–Crippen MR) is 143 cm³/mol. The summed E-state index contributed by atoms with van der Waals surface area (Å²) in [7, 11) is 3.75. The molecule has 200 valence electrons. The number of rotatable bonds is 8. The molecule has 37 heavy (non-hydrogen) atoms.